The second kappa shape index (κ2) is 28.3. The zero-order valence-electron chi connectivity index (χ0n) is 52.1. The number of ether oxygens (including phenoxy) is 1. The van der Waals surface area contributed by atoms with E-state index in [-0.39, 0.29) is 55.4 Å². The van der Waals surface area contributed by atoms with Crippen LogP contribution >= 0.6 is 23.2 Å². The first-order valence-corrected chi connectivity index (χ1v) is 29.9. The van der Waals surface area contributed by atoms with Gasteiger partial charge in [-0.2, -0.15) is 0 Å². The third-order valence-corrected chi connectivity index (χ3v) is 15.8. The predicted octanol–water partition coefficient (Wildman–Crippen LogP) is 13.9. The maximum absolute atomic E-state index is 15.2. The molecule has 9 rings (SSSR count). The summed E-state index contributed by atoms with van der Waals surface area (Å²) in [6.45, 7) is 28.9. The molecule has 86 heavy (non-hydrogen) atoms. The Hall–Kier alpha value is -7.57. The van der Waals surface area contributed by atoms with E-state index in [0.29, 0.717) is 63.5 Å². The Kier molecular flexibility index (Phi) is 21.7. The molecule has 3 N–H and O–H groups in total. The van der Waals surface area contributed by atoms with E-state index in [4.69, 9.17) is 27.9 Å². The predicted molar refractivity (Wildman–Crippen MR) is 350 cm³/mol. The molecule has 2 saturated heterocycles. The molecule has 7 aromatic rings. The van der Waals surface area contributed by atoms with Crippen LogP contribution in [0.1, 0.15) is 69.2 Å². The minimum Gasteiger partial charge on any atom is -0.507 e. The third-order valence-electron chi connectivity index (χ3n) is 15.2. The summed E-state index contributed by atoms with van der Waals surface area (Å²) in [7, 11) is 7.16. The van der Waals surface area contributed by atoms with Crippen molar-refractivity contribution >= 4 is 52.5 Å². The van der Waals surface area contributed by atoms with Crippen LogP contribution in [0.4, 0.5) is 31.7 Å². The van der Waals surface area contributed by atoms with Gasteiger partial charge in [-0.3, -0.25) is 24.1 Å². The monoisotopic (exact) mass is 1220 g/mol. The maximum atomic E-state index is 15.2. The van der Waals surface area contributed by atoms with Crippen LogP contribution in [-0.4, -0.2) is 137 Å². The van der Waals surface area contributed by atoms with Crippen molar-refractivity contribution in [2.75, 3.05) is 100 Å². The Morgan fingerprint density at radius 2 is 1.23 bits per heavy atom. The molecule has 4 heterocycles. The van der Waals surface area contributed by atoms with Gasteiger partial charge in [0.25, 0.3) is 0 Å². The number of nitrogens with one attached hydrogen (secondary N) is 1. The molecule has 0 unspecified atom stereocenters. The summed E-state index contributed by atoms with van der Waals surface area (Å²) < 4.78 is 39.2. The molecule has 1 amide bonds. The first-order valence-electron chi connectivity index (χ1n) is 29.2. The van der Waals surface area contributed by atoms with E-state index >= 15 is 8.78 Å². The number of nitrogens with zero attached hydrogens (tertiary/aromatic N) is 9. The number of hydrogen-bond acceptors (Lipinski definition) is 12. The van der Waals surface area contributed by atoms with E-state index in [1.807, 2.05) is 73.1 Å². The number of pyridine rings is 1. The number of piperazine rings is 2. The molecule has 2 aliphatic heterocycles. The highest BCUT2D eigenvalue weighted by Crippen LogP contribution is 2.45. The minimum absolute atomic E-state index is 0.0633. The molecule has 2 aliphatic rings. The molecule has 0 bridgehead atoms. The summed E-state index contributed by atoms with van der Waals surface area (Å²) in [5.41, 5.74) is 6.29. The van der Waals surface area contributed by atoms with Gasteiger partial charge >= 0.3 is 5.69 Å². The summed E-state index contributed by atoms with van der Waals surface area (Å²) in [6.07, 6.45) is 8.86. The average Bonchev–Trinajstić information content (AvgIpc) is 1.23. The Morgan fingerprint density at radius 1 is 0.698 bits per heavy atom. The van der Waals surface area contributed by atoms with Crippen LogP contribution in [0.25, 0.3) is 50.2 Å². The lowest BCUT2D eigenvalue weighted by molar-refractivity contribution is -0.107. The average molecular weight is 1220 g/mol. The molecule has 2 aromatic heterocycles. The molecule has 460 valence electrons. The number of carbonyl (C=O) groups is 1. The van der Waals surface area contributed by atoms with Crippen molar-refractivity contribution < 1.29 is 28.5 Å². The number of amides is 1. The summed E-state index contributed by atoms with van der Waals surface area (Å²) in [4.78, 5) is 41.7. The van der Waals surface area contributed by atoms with Crippen LogP contribution in [0.2, 0.25) is 10.0 Å². The van der Waals surface area contributed by atoms with E-state index in [2.05, 4.69) is 77.5 Å². The lowest BCUT2D eigenvalue weighted by Crippen LogP contribution is -2.53. The van der Waals surface area contributed by atoms with E-state index in [1.165, 1.54) is 38.3 Å². The summed E-state index contributed by atoms with van der Waals surface area (Å²) in [5, 5.41) is 26.6. The van der Waals surface area contributed by atoms with Crippen molar-refractivity contribution in [1.82, 2.24) is 28.8 Å². The van der Waals surface area contributed by atoms with Gasteiger partial charge in [-0.15, -0.1) is 0 Å². The normalized spacial score (nSPS) is 14.2. The number of aromatic nitrogens is 3. The van der Waals surface area contributed by atoms with Gasteiger partial charge in [0.1, 0.15) is 40.4 Å². The van der Waals surface area contributed by atoms with Crippen LogP contribution in [0.3, 0.4) is 0 Å². The number of rotatable bonds is 15. The molecule has 0 atom stereocenters. The number of benzene rings is 5. The number of hydrogen-bond donors (Lipinski definition) is 3. The lowest BCUT2D eigenvalue weighted by atomic mass is 9.96. The van der Waals surface area contributed by atoms with E-state index < -0.39 is 11.6 Å². The second-order valence-electron chi connectivity index (χ2n) is 23.9. The van der Waals surface area contributed by atoms with Gasteiger partial charge in [-0.05, 0) is 131 Å². The van der Waals surface area contributed by atoms with Crippen LogP contribution in [0, 0.1) is 17.6 Å². The number of phenolic OH excluding ortho intramolecular Hbond substituents is 2. The molecular formula is C67H84Cl2F2N10O5. The zero-order chi connectivity index (χ0) is 62.9. The van der Waals surface area contributed by atoms with Crippen molar-refractivity contribution in [2.45, 2.75) is 80.3 Å². The number of halogens is 4. The summed E-state index contributed by atoms with van der Waals surface area (Å²) in [6, 6.07) is 23.3. The Labute approximate surface area is 516 Å². The number of carbonyl (C=O) groups excluding carboxylic acids is 1. The van der Waals surface area contributed by atoms with Crippen molar-refractivity contribution in [3.8, 4) is 67.4 Å². The standard InChI is InChI=1S/C34H40ClFN4O3.C31H38ClFN6O2.C2H6/c1-22(2)21-43-30-18-24(17-29(35)31(30)40-15-10-37(6)33(40)42)28-20-25(36)19-27(32(28)41)23-8-7-9-26(16-23)38-11-13-39(14-12-38)34(3,4)5;1-31(2,3)39-13-11-37(12-14-39)28-16-22(19-35-30(28)34-4)25-18-23(33)17-24(29(25)41)21-7-8-27(26(32)15-21)38(20-40)10-9-36(5)6;1-2/h7-10,15-20,22,41H,11-14,21H2,1-6H3;7-10,15-20,41H,11-14H2,1-6H3,(H,34,35);1-2H3/b;10-9-;. The quantitative estimate of drug-likeness (QED) is 0.0843. The van der Waals surface area contributed by atoms with Crippen molar-refractivity contribution in [3.05, 3.63) is 148 Å². The van der Waals surface area contributed by atoms with Crippen LogP contribution < -0.4 is 30.4 Å². The number of phenols is 2. The molecule has 5 aromatic carbocycles. The maximum Gasteiger partial charge on any atom is 0.332 e. The van der Waals surface area contributed by atoms with E-state index in [0.717, 1.165) is 69.6 Å². The molecule has 0 radical (unpaired) electrons. The van der Waals surface area contributed by atoms with Crippen LogP contribution in [0.15, 0.2) is 121 Å². The van der Waals surface area contributed by atoms with Crippen LogP contribution in [0.5, 0.6) is 17.2 Å². The highest BCUT2D eigenvalue weighted by Gasteiger charge is 2.29. The van der Waals surface area contributed by atoms with Gasteiger partial charge in [0.2, 0.25) is 6.41 Å². The van der Waals surface area contributed by atoms with Gasteiger partial charge in [0.05, 0.1) is 28.0 Å². The van der Waals surface area contributed by atoms with Gasteiger partial charge in [0, 0.05) is 156 Å². The van der Waals surface area contributed by atoms with Crippen LogP contribution in [-0.2, 0) is 11.8 Å². The van der Waals surface area contributed by atoms with Gasteiger partial charge in [0.15, 0.2) is 0 Å². The Morgan fingerprint density at radius 3 is 1.73 bits per heavy atom. The fraction of sp³-hybridized carbons (Fsp3) is 0.388. The molecule has 0 aliphatic carbocycles. The van der Waals surface area contributed by atoms with Gasteiger partial charge in [-0.25, -0.2) is 18.6 Å². The molecule has 0 spiro atoms. The van der Waals surface area contributed by atoms with Crippen molar-refractivity contribution in [1.29, 1.82) is 0 Å². The SMILES string of the molecule is CC.CC(C)COc1cc(-c2cc(F)cc(-c3cccc(N4CCN(C(C)(C)C)CC4)c3)c2O)cc(Cl)c1-n1ccn(C)c1=O.CNc1ncc(-c2cc(F)cc(-c3ccc(N(C=O)/C=C\N(C)C)c(Cl)c3)c2O)cc1N1CCN(C(C)(C)C)CC1. The second-order valence-corrected chi connectivity index (χ2v) is 24.7. The minimum atomic E-state index is -0.505. The topological polar surface area (TPSA) is 138 Å². The van der Waals surface area contributed by atoms with Crippen molar-refractivity contribution in [3.63, 3.8) is 0 Å². The molecule has 0 saturated carbocycles. The molecular weight excluding hydrogens is 1130 g/mol. The third kappa shape index (κ3) is 15.5. The van der Waals surface area contributed by atoms with E-state index in [9.17, 15) is 19.8 Å². The smallest absolute Gasteiger partial charge is 0.332 e. The Bertz CT molecular complexity index is 3580. The highest BCUT2D eigenvalue weighted by molar-refractivity contribution is 6.34. The van der Waals surface area contributed by atoms with Gasteiger partial charge in [-0.1, -0.05) is 69.1 Å². The Balaban J connectivity index is 0.000000240. The molecule has 19 heteroatoms. The first kappa shape index (κ1) is 66.0. The van der Waals surface area contributed by atoms with Gasteiger partial charge < -0.3 is 39.5 Å². The lowest BCUT2D eigenvalue weighted by Gasteiger charge is -2.43. The highest BCUT2D eigenvalue weighted by atomic mass is 35.5. The summed E-state index contributed by atoms with van der Waals surface area (Å²) in [5.74, 6) is 0.154. The molecule has 15 nitrogen and oxygen atoms in total. The fourth-order valence-electron chi connectivity index (χ4n) is 10.5. The summed E-state index contributed by atoms with van der Waals surface area (Å²) >= 11 is 13.3. The number of anilines is 4. The number of imidazole rings is 1. The fourth-order valence-corrected chi connectivity index (χ4v) is 11.0. The zero-order valence-corrected chi connectivity index (χ0v) is 53.7. The first-order chi connectivity index (χ1) is 40.7. The molecule has 2 fully saturated rings. The number of aromatic hydroxyl groups is 2. The largest absolute Gasteiger partial charge is 0.507 e. The van der Waals surface area contributed by atoms with Crippen molar-refractivity contribution in [2.24, 2.45) is 13.0 Å². The van der Waals surface area contributed by atoms with E-state index in [1.54, 1.807) is 73.3 Å². The number of aryl methyl sites for hydroxylation is 1.